The Bertz CT molecular complexity index is 929. The average molecular weight is 379 g/mol. The van der Waals surface area contributed by atoms with Gasteiger partial charge in [0, 0.05) is 25.5 Å². The number of halogens is 1. The summed E-state index contributed by atoms with van der Waals surface area (Å²) in [6.45, 7) is 0.523. The number of aromatic nitrogens is 4. The fourth-order valence-electron chi connectivity index (χ4n) is 2.06. The molecule has 2 N–H and O–H groups in total. The average Bonchev–Trinajstić information content (AvgIpc) is 3.14. The van der Waals surface area contributed by atoms with Crippen molar-refractivity contribution in [3.05, 3.63) is 59.9 Å². The summed E-state index contributed by atoms with van der Waals surface area (Å²) >= 11 is 5.91. The lowest BCUT2D eigenvalue weighted by Crippen LogP contribution is -2.29. The summed E-state index contributed by atoms with van der Waals surface area (Å²) in [5.41, 5.74) is 0. The van der Waals surface area contributed by atoms with E-state index in [9.17, 15) is 8.42 Å². The summed E-state index contributed by atoms with van der Waals surface area (Å²) in [6.07, 6.45) is 3.42. The molecule has 0 radical (unpaired) electrons. The molecule has 3 aromatic rings. The van der Waals surface area contributed by atoms with Crippen LogP contribution in [0.2, 0.25) is 5.02 Å². The molecule has 130 valence electrons. The van der Waals surface area contributed by atoms with Gasteiger partial charge in [0.15, 0.2) is 5.82 Å². The Hall–Kier alpha value is -2.49. The van der Waals surface area contributed by atoms with Crippen LogP contribution in [0.5, 0.6) is 0 Å². The van der Waals surface area contributed by atoms with Crippen LogP contribution in [0.15, 0.2) is 59.8 Å². The number of anilines is 1. The van der Waals surface area contributed by atoms with Gasteiger partial charge in [-0.25, -0.2) is 17.8 Å². The highest BCUT2D eigenvalue weighted by Gasteiger charge is 2.16. The zero-order valence-electron chi connectivity index (χ0n) is 13.0. The van der Waals surface area contributed by atoms with Gasteiger partial charge in [0.1, 0.15) is 10.7 Å². The van der Waals surface area contributed by atoms with Gasteiger partial charge in [0.25, 0.3) is 0 Å². The molecule has 1 aromatic carbocycles. The van der Waals surface area contributed by atoms with Crippen molar-refractivity contribution < 1.29 is 8.42 Å². The molecule has 0 spiro atoms. The van der Waals surface area contributed by atoms with Crippen molar-refractivity contribution in [2.24, 2.45) is 0 Å². The molecule has 8 nitrogen and oxygen atoms in total. The molecule has 0 fully saturated rings. The zero-order valence-corrected chi connectivity index (χ0v) is 14.6. The van der Waals surface area contributed by atoms with Crippen LogP contribution in [0.3, 0.4) is 0 Å². The van der Waals surface area contributed by atoms with Crippen LogP contribution in [0.25, 0.3) is 5.82 Å². The van der Waals surface area contributed by atoms with Gasteiger partial charge in [-0.2, -0.15) is 5.10 Å². The van der Waals surface area contributed by atoms with Gasteiger partial charge in [-0.15, -0.1) is 10.2 Å². The number of nitrogens with zero attached hydrogens (tertiary/aromatic N) is 4. The number of nitrogens with one attached hydrogen (secondary N) is 2. The molecule has 0 aliphatic carbocycles. The van der Waals surface area contributed by atoms with E-state index >= 15 is 0 Å². The maximum Gasteiger partial charge on any atom is 0.242 e. The lowest BCUT2D eigenvalue weighted by atomic mass is 10.4. The molecule has 0 amide bonds. The van der Waals surface area contributed by atoms with Gasteiger partial charge in [-0.3, -0.25) is 0 Å². The van der Waals surface area contributed by atoms with E-state index in [0.717, 1.165) is 0 Å². The second kappa shape index (κ2) is 7.60. The lowest BCUT2D eigenvalue weighted by molar-refractivity contribution is 0.583. The van der Waals surface area contributed by atoms with Gasteiger partial charge in [0.05, 0.1) is 5.02 Å². The predicted molar refractivity (Wildman–Crippen MR) is 94.3 cm³/mol. The monoisotopic (exact) mass is 378 g/mol. The first kappa shape index (κ1) is 17.3. The molecule has 0 aliphatic heterocycles. The van der Waals surface area contributed by atoms with Crippen molar-refractivity contribution in [2.75, 3.05) is 18.4 Å². The summed E-state index contributed by atoms with van der Waals surface area (Å²) in [6, 6.07) is 11.6. The minimum atomic E-state index is -3.65. The Balaban J connectivity index is 1.52. The molecule has 10 heteroatoms. The highest BCUT2D eigenvalue weighted by Crippen LogP contribution is 2.19. The summed E-state index contributed by atoms with van der Waals surface area (Å²) in [5, 5.41) is 15.3. The van der Waals surface area contributed by atoms with Crippen LogP contribution in [0.1, 0.15) is 0 Å². The van der Waals surface area contributed by atoms with Crippen molar-refractivity contribution in [3.8, 4) is 5.82 Å². The Morgan fingerprint density at radius 3 is 2.56 bits per heavy atom. The van der Waals surface area contributed by atoms with Gasteiger partial charge in [0.2, 0.25) is 10.0 Å². The molecule has 2 heterocycles. The van der Waals surface area contributed by atoms with E-state index in [-0.39, 0.29) is 16.5 Å². The van der Waals surface area contributed by atoms with Crippen LogP contribution < -0.4 is 10.0 Å². The topological polar surface area (TPSA) is 102 Å². The predicted octanol–water partition coefficient (Wildman–Crippen LogP) is 1.71. The van der Waals surface area contributed by atoms with E-state index in [1.807, 2.05) is 0 Å². The van der Waals surface area contributed by atoms with Crippen molar-refractivity contribution in [1.82, 2.24) is 24.7 Å². The quantitative estimate of drug-likeness (QED) is 0.607. The molecular formula is C15H15ClN6O2S. The fraction of sp³-hybridized carbons (Fsp3) is 0.133. The number of rotatable bonds is 7. The Labute approximate surface area is 149 Å². The van der Waals surface area contributed by atoms with E-state index in [0.29, 0.717) is 18.2 Å². The van der Waals surface area contributed by atoms with E-state index in [1.165, 1.54) is 12.1 Å². The third kappa shape index (κ3) is 4.32. The summed E-state index contributed by atoms with van der Waals surface area (Å²) in [5.74, 6) is 1.13. The van der Waals surface area contributed by atoms with Crippen molar-refractivity contribution >= 4 is 27.4 Å². The normalized spacial score (nSPS) is 11.4. The molecule has 25 heavy (non-hydrogen) atoms. The first-order chi connectivity index (χ1) is 12.1. The van der Waals surface area contributed by atoms with Crippen molar-refractivity contribution in [3.63, 3.8) is 0 Å². The molecular weight excluding hydrogens is 364 g/mol. The summed E-state index contributed by atoms with van der Waals surface area (Å²) in [4.78, 5) is 0.0556. The highest BCUT2D eigenvalue weighted by molar-refractivity contribution is 7.89. The minimum absolute atomic E-state index is 0.0556. The van der Waals surface area contributed by atoms with Crippen LogP contribution in [0.4, 0.5) is 5.82 Å². The number of hydrogen-bond acceptors (Lipinski definition) is 6. The van der Waals surface area contributed by atoms with Gasteiger partial charge >= 0.3 is 0 Å². The van der Waals surface area contributed by atoms with Crippen LogP contribution >= 0.6 is 11.6 Å². The largest absolute Gasteiger partial charge is 0.367 e. The summed E-state index contributed by atoms with van der Waals surface area (Å²) < 4.78 is 28.4. The van der Waals surface area contributed by atoms with Crippen LogP contribution in [0, 0.1) is 0 Å². The molecule has 0 aliphatic rings. The second-order valence-corrected chi connectivity index (χ2v) is 7.12. The standard InChI is InChI=1S/C15H15ClN6O2S/c16-12-4-1-2-5-13(12)25(23,24)19-10-9-17-14-6-7-15(21-20-14)22-11-3-8-18-22/h1-8,11,19H,9-10H2,(H,17,20). The number of benzene rings is 1. The molecule has 0 bridgehead atoms. The zero-order chi connectivity index (χ0) is 17.7. The molecule has 0 saturated carbocycles. The van der Waals surface area contributed by atoms with E-state index < -0.39 is 10.0 Å². The van der Waals surface area contributed by atoms with Crippen LogP contribution in [-0.2, 0) is 10.0 Å². The third-order valence-electron chi connectivity index (χ3n) is 3.24. The summed E-state index contributed by atoms with van der Waals surface area (Å²) in [7, 11) is -3.65. The molecule has 0 atom stereocenters. The minimum Gasteiger partial charge on any atom is -0.367 e. The molecule has 3 rings (SSSR count). The van der Waals surface area contributed by atoms with Gasteiger partial charge in [-0.1, -0.05) is 23.7 Å². The smallest absolute Gasteiger partial charge is 0.242 e. The maximum absolute atomic E-state index is 12.2. The molecule has 0 unspecified atom stereocenters. The second-order valence-electron chi connectivity index (χ2n) is 4.98. The highest BCUT2D eigenvalue weighted by atomic mass is 35.5. The van der Waals surface area contributed by atoms with Gasteiger partial charge < -0.3 is 5.32 Å². The first-order valence-electron chi connectivity index (χ1n) is 7.38. The van der Waals surface area contributed by atoms with Gasteiger partial charge in [-0.05, 0) is 30.3 Å². The van der Waals surface area contributed by atoms with E-state index in [1.54, 1.807) is 47.4 Å². The fourth-order valence-corrected chi connectivity index (χ4v) is 3.61. The van der Waals surface area contributed by atoms with E-state index in [4.69, 9.17) is 11.6 Å². The van der Waals surface area contributed by atoms with Crippen molar-refractivity contribution in [1.29, 1.82) is 0 Å². The number of sulfonamides is 1. The Morgan fingerprint density at radius 2 is 1.88 bits per heavy atom. The maximum atomic E-state index is 12.2. The Kier molecular flexibility index (Phi) is 5.27. The van der Waals surface area contributed by atoms with Crippen molar-refractivity contribution in [2.45, 2.75) is 4.90 Å². The lowest BCUT2D eigenvalue weighted by Gasteiger charge is -2.09. The van der Waals surface area contributed by atoms with Crippen LogP contribution in [-0.4, -0.2) is 41.5 Å². The Morgan fingerprint density at radius 1 is 1.04 bits per heavy atom. The van der Waals surface area contributed by atoms with E-state index in [2.05, 4.69) is 25.3 Å². The SMILES string of the molecule is O=S(=O)(NCCNc1ccc(-n2cccn2)nn1)c1ccccc1Cl. The molecule has 2 aromatic heterocycles. The first-order valence-corrected chi connectivity index (χ1v) is 9.24. The number of hydrogen-bond donors (Lipinski definition) is 2. The third-order valence-corrected chi connectivity index (χ3v) is 5.20. The molecule has 0 saturated heterocycles.